The summed E-state index contributed by atoms with van der Waals surface area (Å²) in [5, 5.41) is 0. The second-order valence-corrected chi connectivity index (χ2v) is 9.11. The fraction of sp³-hybridized carbons (Fsp3) is 0.250. The molecule has 1 aliphatic rings. The Hall–Kier alpha value is -1.67. The average Bonchev–Trinajstić information content (AvgIpc) is 2.35. The summed E-state index contributed by atoms with van der Waals surface area (Å²) in [4.78, 5) is 11.8. The summed E-state index contributed by atoms with van der Waals surface area (Å²) in [6.07, 6.45) is 3.62. The van der Waals surface area contributed by atoms with Gasteiger partial charge in [0.15, 0.2) is 4.91 Å². The summed E-state index contributed by atoms with van der Waals surface area (Å²) in [5.74, 6) is -0.633. The summed E-state index contributed by atoms with van der Waals surface area (Å²) in [5.41, 5.74) is 0.605. The Labute approximate surface area is 118 Å². The Balaban J connectivity index is 2.74. The second kappa shape index (κ2) is 4.71. The number of nitrogens with zero attached hydrogens (tertiary/aromatic N) is 2. The summed E-state index contributed by atoms with van der Waals surface area (Å²) in [7, 11) is -5.13. The maximum Gasteiger partial charge on any atom is 0.269 e. The number of Topliss-reactive ketones (excluding diaryl/α,β-unsaturated/α-hetero) is 1. The van der Waals surface area contributed by atoms with E-state index in [0.717, 1.165) is 10.5 Å². The normalized spacial score (nSPS) is 19.9. The number of carbonyl (C=O) groups excluding carboxylic acids is 1. The van der Waals surface area contributed by atoms with Gasteiger partial charge in [-0.2, -0.15) is 0 Å². The molecule has 0 fully saturated rings. The van der Waals surface area contributed by atoms with Gasteiger partial charge in [-0.3, -0.25) is 9.10 Å². The van der Waals surface area contributed by atoms with Crippen LogP contribution in [0, 0.1) is 0 Å². The van der Waals surface area contributed by atoms with Crippen LogP contribution in [0.2, 0.25) is 0 Å². The number of allylic oxidation sites excluding steroid dienone is 1. The van der Waals surface area contributed by atoms with Crippen LogP contribution in [0.1, 0.15) is 10.4 Å². The minimum Gasteiger partial charge on any atom is -0.288 e. The number of anilines is 1. The van der Waals surface area contributed by atoms with Crippen LogP contribution in [-0.2, 0) is 19.8 Å². The molecule has 0 amide bonds. The molecular formula is C12H14N2O4S2. The predicted octanol–water partition coefficient (Wildman–Crippen LogP) is 1.22. The summed E-state index contributed by atoms with van der Waals surface area (Å²) >= 11 is 0. The zero-order chi connectivity index (χ0) is 15.1. The molecule has 1 aromatic carbocycles. The third-order valence-electron chi connectivity index (χ3n) is 2.77. The third-order valence-corrected chi connectivity index (χ3v) is 5.15. The van der Waals surface area contributed by atoms with Gasteiger partial charge in [-0.1, -0.05) is 12.1 Å². The highest BCUT2D eigenvalue weighted by Gasteiger charge is 2.37. The number of hydrogen-bond acceptors (Lipinski definition) is 5. The zero-order valence-corrected chi connectivity index (χ0v) is 12.9. The molecule has 0 aromatic heterocycles. The lowest BCUT2D eigenvalue weighted by molar-refractivity contribution is 0.104. The van der Waals surface area contributed by atoms with Gasteiger partial charge >= 0.3 is 0 Å². The van der Waals surface area contributed by atoms with Crippen LogP contribution in [0.25, 0.3) is 0 Å². The molecule has 0 saturated carbocycles. The smallest absolute Gasteiger partial charge is 0.269 e. The second-order valence-electron chi connectivity index (χ2n) is 4.60. The SMILES string of the molecule is CN1c2ccccc2C(=O)/C(=C/N=S(C)(C)=O)S1(=O)=O. The number of hydrogen-bond donors (Lipinski definition) is 0. The summed E-state index contributed by atoms with van der Waals surface area (Å²) < 4.78 is 40.8. The van der Waals surface area contributed by atoms with E-state index in [9.17, 15) is 17.4 Å². The number of para-hydroxylation sites is 1. The molecule has 108 valence electrons. The first-order valence-corrected chi connectivity index (χ1v) is 9.41. The highest BCUT2D eigenvalue weighted by atomic mass is 32.2. The molecule has 0 unspecified atom stereocenters. The van der Waals surface area contributed by atoms with Gasteiger partial charge in [0.05, 0.1) is 11.9 Å². The number of sulfonamides is 1. The molecule has 20 heavy (non-hydrogen) atoms. The molecule has 0 radical (unpaired) electrons. The van der Waals surface area contributed by atoms with Crippen LogP contribution in [0.5, 0.6) is 0 Å². The van der Waals surface area contributed by atoms with Gasteiger partial charge in [0, 0.05) is 34.9 Å². The van der Waals surface area contributed by atoms with Crippen molar-refractivity contribution < 1.29 is 17.4 Å². The number of ketones is 1. The van der Waals surface area contributed by atoms with Gasteiger partial charge in [-0.05, 0) is 12.1 Å². The van der Waals surface area contributed by atoms with Crippen LogP contribution in [-0.4, -0.2) is 38.0 Å². The molecule has 0 spiro atoms. The van der Waals surface area contributed by atoms with E-state index in [1.165, 1.54) is 19.6 Å². The third kappa shape index (κ3) is 2.48. The molecule has 1 heterocycles. The standard InChI is InChI=1S/C12H14N2O4S2/c1-14-10-7-5-4-6-9(10)12(15)11(20(14,17)18)8-13-19(2,3)16/h4-8H,1-3H3/b11-8-. The van der Waals surface area contributed by atoms with Gasteiger partial charge in [0.2, 0.25) is 5.78 Å². The van der Waals surface area contributed by atoms with Crippen molar-refractivity contribution >= 4 is 31.2 Å². The van der Waals surface area contributed by atoms with E-state index in [0.29, 0.717) is 5.69 Å². The van der Waals surface area contributed by atoms with Crippen molar-refractivity contribution in [1.82, 2.24) is 0 Å². The Kier molecular flexibility index (Phi) is 3.47. The lowest BCUT2D eigenvalue weighted by atomic mass is 10.1. The van der Waals surface area contributed by atoms with Crippen LogP contribution in [0.3, 0.4) is 0 Å². The number of fused-ring (bicyclic) bond motifs is 1. The zero-order valence-electron chi connectivity index (χ0n) is 11.2. The first-order chi connectivity index (χ1) is 9.14. The van der Waals surface area contributed by atoms with E-state index in [1.54, 1.807) is 24.3 Å². The molecule has 1 aliphatic heterocycles. The minimum atomic E-state index is -3.96. The monoisotopic (exact) mass is 314 g/mol. The van der Waals surface area contributed by atoms with Crippen molar-refractivity contribution in [2.45, 2.75) is 0 Å². The van der Waals surface area contributed by atoms with Gasteiger partial charge in [0.1, 0.15) is 0 Å². The van der Waals surface area contributed by atoms with Gasteiger partial charge < -0.3 is 0 Å². The lowest BCUT2D eigenvalue weighted by Gasteiger charge is -2.27. The fourth-order valence-corrected chi connectivity index (χ4v) is 3.44. The molecular weight excluding hydrogens is 300 g/mol. The highest BCUT2D eigenvalue weighted by Crippen LogP contribution is 2.33. The topological polar surface area (TPSA) is 83.9 Å². The van der Waals surface area contributed by atoms with E-state index in [1.807, 2.05) is 0 Å². The number of rotatable bonds is 1. The van der Waals surface area contributed by atoms with Crippen molar-refractivity contribution in [3.05, 3.63) is 40.9 Å². The van der Waals surface area contributed by atoms with Gasteiger partial charge in [-0.25, -0.2) is 17.0 Å². The molecule has 1 aromatic rings. The van der Waals surface area contributed by atoms with E-state index in [-0.39, 0.29) is 5.56 Å². The number of benzene rings is 1. The fourth-order valence-electron chi connectivity index (χ4n) is 1.77. The van der Waals surface area contributed by atoms with Crippen LogP contribution >= 0.6 is 0 Å². The van der Waals surface area contributed by atoms with Crippen LogP contribution < -0.4 is 4.31 Å². The van der Waals surface area contributed by atoms with Crippen molar-refractivity contribution in [2.24, 2.45) is 4.36 Å². The molecule has 8 heteroatoms. The Bertz CT molecular complexity index is 823. The van der Waals surface area contributed by atoms with Crippen molar-refractivity contribution in [3.63, 3.8) is 0 Å². The van der Waals surface area contributed by atoms with Gasteiger partial charge in [0.25, 0.3) is 10.0 Å². The first kappa shape index (κ1) is 14.7. The molecule has 0 aliphatic carbocycles. The van der Waals surface area contributed by atoms with E-state index in [4.69, 9.17) is 0 Å². The molecule has 0 N–H and O–H groups in total. The minimum absolute atomic E-state index is 0.282. The van der Waals surface area contributed by atoms with Gasteiger partial charge in [-0.15, -0.1) is 0 Å². The van der Waals surface area contributed by atoms with E-state index >= 15 is 0 Å². The summed E-state index contributed by atoms with van der Waals surface area (Å²) in [6, 6.07) is 6.41. The Morgan fingerprint density at radius 2 is 1.85 bits per heavy atom. The van der Waals surface area contributed by atoms with E-state index in [2.05, 4.69) is 4.36 Å². The average molecular weight is 314 g/mol. The maximum atomic E-state index is 12.3. The molecule has 6 nitrogen and oxygen atoms in total. The van der Waals surface area contributed by atoms with Crippen LogP contribution in [0.4, 0.5) is 5.69 Å². The van der Waals surface area contributed by atoms with Crippen molar-refractivity contribution in [3.8, 4) is 0 Å². The first-order valence-electron chi connectivity index (χ1n) is 5.63. The van der Waals surface area contributed by atoms with Crippen LogP contribution in [0.15, 0.2) is 39.7 Å². The molecule has 0 atom stereocenters. The van der Waals surface area contributed by atoms with E-state index < -0.39 is 30.4 Å². The van der Waals surface area contributed by atoms with Crippen molar-refractivity contribution in [2.75, 3.05) is 23.9 Å². The predicted molar refractivity (Wildman–Crippen MR) is 78.6 cm³/mol. The quantitative estimate of drug-likeness (QED) is 0.730. The molecule has 2 rings (SSSR count). The lowest BCUT2D eigenvalue weighted by Crippen LogP contribution is -2.36. The largest absolute Gasteiger partial charge is 0.288 e. The molecule has 0 bridgehead atoms. The Morgan fingerprint density at radius 1 is 1.25 bits per heavy atom. The maximum absolute atomic E-state index is 12.3. The molecule has 0 saturated heterocycles. The Morgan fingerprint density at radius 3 is 2.45 bits per heavy atom. The number of carbonyl (C=O) groups is 1. The van der Waals surface area contributed by atoms with Crippen molar-refractivity contribution in [1.29, 1.82) is 0 Å². The summed E-state index contributed by atoms with van der Waals surface area (Å²) in [6.45, 7) is 0. The highest BCUT2D eigenvalue weighted by molar-refractivity contribution is 7.97.